The van der Waals surface area contributed by atoms with Crippen molar-refractivity contribution in [2.45, 2.75) is 62.7 Å². The van der Waals surface area contributed by atoms with E-state index in [9.17, 15) is 26.6 Å². The number of Topliss-reactive ketones (excluding diaryl/α,β-unsaturated/α-hetero) is 1. The van der Waals surface area contributed by atoms with Gasteiger partial charge in [0.2, 0.25) is 5.78 Å². The molecule has 1 fully saturated rings. The molecule has 0 amide bonds. The van der Waals surface area contributed by atoms with Crippen LogP contribution in [0.15, 0.2) is 71.4 Å². The Morgan fingerprint density at radius 1 is 1.14 bits per heavy atom. The van der Waals surface area contributed by atoms with Crippen molar-refractivity contribution in [2.75, 3.05) is 0 Å². The van der Waals surface area contributed by atoms with E-state index < -0.39 is 33.2 Å². The van der Waals surface area contributed by atoms with Gasteiger partial charge in [0, 0.05) is 17.1 Å². The van der Waals surface area contributed by atoms with Crippen molar-refractivity contribution in [3.05, 3.63) is 98.5 Å². The Kier molecular flexibility index (Phi) is 8.14. The molecule has 0 saturated heterocycles. The first-order valence-corrected chi connectivity index (χ1v) is 16.2. The zero-order chi connectivity index (χ0) is 31.4. The van der Waals surface area contributed by atoms with Crippen LogP contribution in [0.3, 0.4) is 0 Å². The third-order valence-corrected chi connectivity index (χ3v) is 11.3. The molecule has 44 heavy (non-hydrogen) atoms. The molecule has 2 aromatic carbocycles. The minimum atomic E-state index is -4.62. The maximum atomic E-state index is 14.4. The lowest BCUT2D eigenvalue weighted by atomic mass is 9.61. The molecule has 2 aliphatic rings. The molecule has 2 heterocycles. The Morgan fingerprint density at radius 2 is 1.84 bits per heavy atom. The van der Waals surface area contributed by atoms with Crippen LogP contribution in [-0.2, 0) is 23.6 Å². The summed E-state index contributed by atoms with van der Waals surface area (Å²) in [5.41, 5.74) is 1.64. The first-order chi connectivity index (χ1) is 20.9. The molecule has 0 bridgehead atoms. The van der Waals surface area contributed by atoms with Crippen LogP contribution >= 0.6 is 22.9 Å². The zero-order valence-corrected chi connectivity index (χ0v) is 26.0. The topological polar surface area (TPSA) is 68.1 Å². The quantitative estimate of drug-likeness (QED) is 0.149. The molecule has 0 radical (unpaired) electrons. The van der Waals surface area contributed by atoms with Crippen LogP contribution in [0.1, 0.15) is 59.0 Å². The number of hydrogen-bond acceptors (Lipinski definition) is 5. The highest BCUT2D eigenvalue weighted by Crippen LogP contribution is 2.52. The van der Waals surface area contributed by atoms with Crippen LogP contribution in [0.2, 0.25) is 5.02 Å². The average Bonchev–Trinajstić information content (AvgIpc) is 3.64. The molecule has 6 rings (SSSR count). The van der Waals surface area contributed by atoms with Gasteiger partial charge in [0.15, 0.2) is 5.01 Å². The fourth-order valence-electron chi connectivity index (χ4n) is 6.22. The minimum absolute atomic E-state index is 0.175. The Labute approximate surface area is 263 Å². The van der Waals surface area contributed by atoms with Crippen molar-refractivity contribution in [3.8, 4) is 5.69 Å². The highest BCUT2D eigenvalue weighted by molar-refractivity contribution is 7.82. The zero-order valence-electron chi connectivity index (χ0n) is 23.6. The molecule has 2 aliphatic carbocycles. The second-order valence-corrected chi connectivity index (χ2v) is 14.1. The van der Waals surface area contributed by atoms with E-state index in [1.807, 2.05) is 24.2 Å². The molecule has 3 atom stereocenters. The molecular formula is C31H27ClF4N4O2S2. The smallest absolute Gasteiger partial charge is 0.290 e. The lowest BCUT2D eigenvalue weighted by molar-refractivity contribution is -0.134. The number of rotatable bonds is 7. The average molecular weight is 663 g/mol. The number of allylic oxidation sites excluding steroid dienone is 1. The van der Waals surface area contributed by atoms with Gasteiger partial charge in [-0.1, -0.05) is 17.2 Å². The van der Waals surface area contributed by atoms with Crippen LogP contribution < -0.4 is 0 Å². The molecule has 2 aromatic heterocycles. The molecule has 0 spiro atoms. The number of carbonyl (C=O) groups is 1. The van der Waals surface area contributed by atoms with Gasteiger partial charge in [-0.25, -0.2) is 22.6 Å². The van der Waals surface area contributed by atoms with Crippen molar-refractivity contribution >= 4 is 45.8 Å². The summed E-state index contributed by atoms with van der Waals surface area (Å²) in [5.74, 6) is -0.876. The number of ketones is 1. The van der Waals surface area contributed by atoms with E-state index in [1.54, 1.807) is 47.3 Å². The van der Waals surface area contributed by atoms with E-state index in [0.717, 1.165) is 16.8 Å². The Bertz CT molecular complexity index is 1770. The van der Waals surface area contributed by atoms with Crippen molar-refractivity contribution < 1.29 is 26.6 Å². The molecule has 13 heteroatoms. The van der Waals surface area contributed by atoms with Crippen LogP contribution in [0.4, 0.5) is 17.6 Å². The van der Waals surface area contributed by atoms with Crippen molar-refractivity contribution in [1.29, 1.82) is 0 Å². The molecule has 4 aromatic rings. The number of carbonyl (C=O) groups excluding carboxylic acids is 1. The van der Waals surface area contributed by atoms with E-state index in [4.69, 9.17) is 11.6 Å². The molecule has 1 saturated carbocycles. The molecule has 3 unspecified atom stereocenters. The van der Waals surface area contributed by atoms with E-state index >= 15 is 0 Å². The summed E-state index contributed by atoms with van der Waals surface area (Å²) in [5, 5.41) is 4.82. The van der Waals surface area contributed by atoms with Gasteiger partial charge in [-0.3, -0.25) is 4.79 Å². The maximum absolute atomic E-state index is 14.4. The Hall–Kier alpha value is -3.19. The van der Waals surface area contributed by atoms with Crippen molar-refractivity contribution in [3.63, 3.8) is 0 Å². The van der Waals surface area contributed by atoms with Gasteiger partial charge in [-0.2, -0.15) is 18.3 Å². The van der Waals surface area contributed by atoms with Gasteiger partial charge in [0.25, 0.3) is 0 Å². The van der Waals surface area contributed by atoms with Crippen molar-refractivity contribution in [2.24, 2.45) is 5.41 Å². The SMILES string of the molecule is CC(C)N(C1CCC2=Cc3c(cnn3-c3ccc(F)cc3)CC2(C(=O)c2ncc(C(F)(F)F)s2)C1)S(=O)c1ccc(Cl)cc1. The van der Waals surface area contributed by atoms with Crippen LogP contribution in [0.25, 0.3) is 11.8 Å². The summed E-state index contributed by atoms with van der Waals surface area (Å²) in [6, 6.07) is 12.1. The van der Waals surface area contributed by atoms with Crippen LogP contribution in [-0.4, -0.2) is 41.1 Å². The standard InChI is InChI=1S/C31H27ClF4N4O2S2/c1-18(2)40(44(42)25-11-4-21(32)5-12-25)24-8-3-20-13-26-19(16-38-39(26)23-9-6-22(33)7-10-23)14-30(20,15-24)28(41)29-37-17-27(43-29)31(34,35)36/h4-7,9-13,16-18,24H,3,8,14-15H2,1-2H3. The number of thiazole rings is 1. The fourth-order valence-corrected chi connectivity index (χ4v) is 8.62. The van der Waals surface area contributed by atoms with Crippen LogP contribution in [0.5, 0.6) is 0 Å². The first kappa shape index (κ1) is 30.8. The molecular weight excluding hydrogens is 636 g/mol. The van der Waals surface area contributed by atoms with E-state index in [2.05, 4.69) is 10.1 Å². The van der Waals surface area contributed by atoms with Gasteiger partial charge in [0.05, 0.1) is 34.1 Å². The normalized spacial score (nSPS) is 20.8. The number of benzene rings is 2. The highest BCUT2D eigenvalue weighted by Gasteiger charge is 2.52. The molecule has 0 N–H and O–H groups in total. The molecule has 230 valence electrons. The molecule has 0 aliphatic heterocycles. The van der Waals surface area contributed by atoms with Crippen molar-refractivity contribution in [1.82, 2.24) is 19.1 Å². The second-order valence-electron chi connectivity index (χ2n) is 11.3. The number of alkyl halides is 3. The van der Waals surface area contributed by atoms with Gasteiger partial charge in [0.1, 0.15) is 21.7 Å². The number of fused-ring (bicyclic) bond motifs is 2. The van der Waals surface area contributed by atoms with Gasteiger partial charge in [-0.15, -0.1) is 11.3 Å². The predicted molar refractivity (Wildman–Crippen MR) is 162 cm³/mol. The largest absolute Gasteiger partial charge is 0.427 e. The lowest BCUT2D eigenvalue weighted by Gasteiger charge is -2.47. The van der Waals surface area contributed by atoms with E-state index in [0.29, 0.717) is 46.0 Å². The maximum Gasteiger partial charge on any atom is 0.427 e. The minimum Gasteiger partial charge on any atom is -0.290 e. The lowest BCUT2D eigenvalue weighted by Crippen LogP contribution is -2.51. The highest BCUT2D eigenvalue weighted by atomic mass is 35.5. The number of halogens is 5. The number of aromatic nitrogens is 3. The third kappa shape index (κ3) is 5.57. The Balaban J connectivity index is 1.43. The summed E-state index contributed by atoms with van der Waals surface area (Å²) in [7, 11) is -1.59. The first-order valence-electron chi connectivity index (χ1n) is 13.9. The predicted octanol–water partition coefficient (Wildman–Crippen LogP) is 7.93. The van der Waals surface area contributed by atoms with E-state index in [1.165, 1.54) is 12.1 Å². The summed E-state index contributed by atoms with van der Waals surface area (Å²) in [4.78, 5) is 18.0. The molecule has 6 nitrogen and oxygen atoms in total. The fraction of sp³-hybridized carbons (Fsp3) is 0.323. The van der Waals surface area contributed by atoms with Gasteiger partial charge >= 0.3 is 6.18 Å². The summed E-state index contributed by atoms with van der Waals surface area (Å²) in [6.45, 7) is 3.85. The monoisotopic (exact) mass is 662 g/mol. The van der Waals surface area contributed by atoms with Gasteiger partial charge < -0.3 is 0 Å². The van der Waals surface area contributed by atoms with Crippen LogP contribution in [0, 0.1) is 11.2 Å². The summed E-state index contributed by atoms with van der Waals surface area (Å²) < 4.78 is 71.6. The Morgan fingerprint density at radius 3 is 2.48 bits per heavy atom. The van der Waals surface area contributed by atoms with E-state index in [-0.39, 0.29) is 35.8 Å². The third-order valence-electron chi connectivity index (χ3n) is 8.20. The summed E-state index contributed by atoms with van der Waals surface area (Å²) in [6.07, 6.45) is 1.04. The summed E-state index contributed by atoms with van der Waals surface area (Å²) >= 11 is 6.40. The number of nitrogens with zero attached hydrogens (tertiary/aromatic N) is 4. The number of hydrogen-bond donors (Lipinski definition) is 0. The second kappa shape index (κ2) is 11.6. The van der Waals surface area contributed by atoms with Gasteiger partial charge in [-0.05, 0) is 99.7 Å².